The van der Waals surface area contributed by atoms with Crippen LogP contribution in [0, 0.1) is 0 Å². The van der Waals surface area contributed by atoms with E-state index in [0.29, 0.717) is 6.54 Å². The van der Waals surface area contributed by atoms with Crippen LogP contribution in [-0.2, 0) is 24.4 Å². The first-order chi connectivity index (χ1) is 16.7. The summed E-state index contributed by atoms with van der Waals surface area (Å²) in [5, 5.41) is 14.8. The zero-order valence-electron chi connectivity index (χ0n) is 19.7. The molecule has 2 aromatic heterocycles. The Balaban J connectivity index is 1.39. The van der Waals surface area contributed by atoms with E-state index < -0.39 is 0 Å². The molecule has 1 unspecified atom stereocenters. The highest BCUT2D eigenvalue weighted by molar-refractivity contribution is 7.98. The maximum absolute atomic E-state index is 5.88. The van der Waals surface area contributed by atoms with Crippen molar-refractivity contribution in [2.24, 2.45) is 0 Å². The van der Waals surface area contributed by atoms with Crippen LogP contribution in [0.3, 0.4) is 0 Å². The quantitative estimate of drug-likeness (QED) is 0.329. The average Bonchev–Trinajstić information content (AvgIpc) is 3.62. The second-order valence-corrected chi connectivity index (χ2v) is 9.44. The standard InChI is InChI=1S/C26H30N6OS/c1-30(19-24-27-28-26(34-2)31(24)18-23-14-9-15-33-23)16-21-17-32(22-12-7-4-8-13-22)29-25(21)20-10-5-3-6-11-20/h3-8,10-13,17,23H,9,14-16,18-19H2,1-2H3. The minimum atomic E-state index is 0.250. The molecule has 1 atom stereocenters. The van der Waals surface area contributed by atoms with Crippen LogP contribution >= 0.6 is 11.8 Å². The van der Waals surface area contributed by atoms with E-state index >= 15 is 0 Å². The van der Waals surface area contributed by atoms with Crippen molar-refractivity contribution in [1.29, 1.82) is 0 Å². The van der Waals surface area contributed by atoms with E-state index in [-0.39, 0.29) is 6.10 Å². The molecule has 0 saturated carbocycles. The Morgan fingerprint density at radius 3 is 2.50 bits per heavy atom. The van der Waals surface area contributed by atoms with Gasteiger partial charge in [-0.05, 0) is 38.3 Å². The van der Waals surface area contributed by atoms with Crippen LogP contribution in [0.25, 0.3) is 16.9 Å². The molecule has 0 aliphatic carbocycles. The minimum Gasteiger partial charge on any atom is -0.376 e. The van der Waals surface area contributed by atoms with Crippen LogP contribution in [0.5, 0.6) is 0 Å². The van der Waals surface area contributed by atoms with Gasteiger partial charge in [0.1, 0.15) is 5.82 Å². The normalized spacial score (nSPS) is 15.9. The maximum atomic E-state index is 5.88. The van der Waals surface area contributed by atoms with Gasteiger partial charge in [-0.25, -0.2) is 4.68 Å². The molecule has 2 aromatic carbocycles. The molecule has 176 valence electrons. The van der Waals surface area contributed by atoms with Crippen LogP contribution in [0.1, 0.15) is 24.2 Å². The SMILES string of the molecule is CSc1nnc(CN(C)Cc2cn(-c3ccccc3)nc2-c2ccccc2)n1CC1CCCO1. The largest absolute Gasteiger partial charge is 0.376 e. The minimum absolute atomic E-state index is 0.250. The van der Waals surface area contributed by atoms with Crippen molar-refractivity contribution in [2.45, 2.75) is 43.7 Å². The third-order valence-electron chi connectivity index (χ3n) is 6.10. The molecular formula is C26H30N6OS. The van der Waals surface area contributed by atoms with Crippen LogP contribution in [0.15, 0.2) is 72.0 Å². The van der Waals surface area contributed by atoms with Crippen molar-refractivity contribution >= 4 is 11.8 Å². The number of hydrogen-bond acceptors (Lipinski definition) is 6. The number of hydrogen-bond donors (Lipinski definition) is 0. The zero-order valence-corrected chi connectivity index (χ0v) is 20.5. The van der Waals surface area contributed by atoms with E-state index in [2.05, 4.69) is 69.3 Å². The van der Waals surface area contributed by atoms with Gasteiger partial charge in [0.05, 0.1) is 30.6 Å². The van der Waals surface area contributed by atoms with Crippen molar-refractivity contribution in [3.05, 3.63) is 78.2 Å². The number of ether oxygens (including phenoxy) is 1. The van der Waals surface area contributed by atoms with Gasteiger partial charge in [0.15, 0.2) is 5.16 Å². The van der Waals surface area contributed by atoms with Crippen LogP contribution in [0.4, 0.5) is 0 Å². The van der Waals surface area contributed by atoms with Gasteiger partial charge in [0.2, 0.25) is 0 Å². The lowest BCUT2D eigenvalue weighted by molar-refractivity contribution is 0.0934. The second-order valence-electron chi connectivity index (χ2n) is 8.67. The van der Waals surface area contributed by atoms with Gasteiger partial charge in [0.25, 0.3) is 0 Å². The third-order valence-corrected chi connectivity index (χ3v) is 6.76. The summed E-state index contributed by atoms with van der Waals surface area (Å²) < 4.78 is 10.1. The second kappa shape index (κ2) is 10.5. The molecule has 1 fully saturated rings. The van der Waals surface area contributed by atoms with Crippen molar-refractivity contribution in [2.75, 3.05) is 19.9 Å². The number of benzene rings is 2. The highest BCUT2D eigenvalue weighted by Crippen LogP contribution is 2.26. The fourth-order valence-corrected chi connectivity index (χ4v) is 4.95. The average molecular weight is 475 g/mol. The molecule has 0 spiro atoms. The zero-order chi connectivity index (χ0) is 23.3. The number of thioether (sulfide) groups is 1. The molecule has 34 heavy (non-hydrogen) atoms. The Kier molecular flexibility index (Phi) is 7.08. The number of nitrogens with zero attached hydrogens (tertiary/aromatic N) is 6. The van der Waals surface area contributed by atoms with E-state index in [1.165, 1.54) is 5.56 Å². The van der Waals surface area contributed by atoms with Gasteiger partial charge in [-0.2, -0.15) is 5.10 Å². The molecule has 0 radical (unpaired) electrons. The fourth-order valence-electron chi connectivity index (χ4n) is 4.43. The molecule has 4 aromatic rings. The predicted molar refractivity (Wildman–Crippen MR) is 135 cm³/mol. The van der Waals surface area contributed by atoms with Crippen LogP contribution in [-0.4, -0.2) is 55.5 Å². The van der Waals surface area contributed by atoms with Crippen LogP contribution < -0.4 is 0 Å². The van der Waals surface area contributed by atoms with Gasteiger partial charge in [-0.1, -0.05) is 60.3 Å². The predicted octanol–water partition coefficient (Wildman–Crippen LogP) is 4.66. The molecule has 5 rings (SSSR count). The number of para-hydroxylation sites is 1. The topological polar surface area (TPSA) is 61.0 Å². The fraction of sp³-hybridized carbons (Fsp3) is 0.346. The van der Waals surface area contributed by atoms with Crippen molar-refractivity contribution in [1.82, 2.24) is 29.4 Å². The lowest BCUT2D eigenvalue weighted by Gasteiger charge is -2.19. The Bertz CT molecular complexity index is 1200. The monoisotopic (exact) mass is 474 g/mol. The van der Waals surface area contributed by atoms with E-state index in [1.807, 2.05) is 35.2 Å². The molecule has 1 aliphatic heterocycles. The lowest BCUT2D eigenvalue weighted by atomic mass is 10.1. The smallest absolute Gasteiger partial charge is 0.191 e. The molecular weight excluding hydrogens is 444 g/mol. The van der Waals surface area contributed by atoms with Gasteiger partial charge in [-0.3, -0.25) is 4.90 Å². The molecule has 0 bridgehead atoms. The van der Waals surface area contributed by atoms with E-state index in [9.17, 15) is 0 Å². The van der Waals surface area contributed by atoms with Gasteiger partial charge in [0, 0.05) is 30.5 Å². The molecule has 0 amide bonds. The Morgan fingerprint density at radius 1 is 1.03 bits per heavy atom. The Morgan fingerprint density at radius 2 is 1.79 bits per heavy atom. The van der Waals surface area contributed by atoms with E-state index in [1.54, 1.807) is 11.8 Å². The lowest BCUT2D eigenvalue weighted by Crippen LogP contribution is -2.23. The molecule has 1 aliphatic rings. The molecule has 0 N–H and O–H groups in total. The Labute approximate surface area is 204 Å². The first kappa shape index (κ1) is 22.8. The Hall–Kier alpha value is -2.94. The highest BCUT2D eigenvalue weighted by Gasteiger charge is 2.22. The first-order valence-electron chi connectivity index (χ1n) is 11.7. The van der Waals surface area contributed by atoms with Crippen LogP contribution in [0.2, 0.25) is 0 Å². The summed E-state index contributed by atoms with van der Waals surface area (Å²) >= 11 is 1.63. The number of aromatic nitrogens is 5. The summed E-state index contributed by atoms with van der Waals surface area (Å²) in [7, 11) is 2.12. The summed E-state index contributed by atoms with van der Waals surface area (Å²) in [5.41, 5.74) is 4.34. The summed E-state index contributed by atoms with van der Waals surface area (Å²) in [6.45, 7) is 3.11. The van der Waals surface area contributed by atoms with Crippen molar-refractivity contribution in [3.8, 4) is 16.9 Å². The molecule has 7 nitrogen and oxygen atoms in total. The van der Waals surface area contributed by atoms with E-state index in [4.69, 9.17) is 9.84 Å². The molecule has 8 heteroatoms. The summed E-state index contributed by atoms with van der Waals surface area (Å²) in [4.78, 5) is 2.28. The number of rotatable bonds is 9. The van der Waals surface area contributed by atoms with Crippen molar-refractivity contribution in [3.63, 3.8) is 0 Å². The molecule has 3 heterocycles. The maximum Gasteiger partial charge on any atom is 0.191 e. The van der Waals surface area contributed by atoms with E-state index in [0.717, 1.165) is 60.5 Å². The molecule has 1 saturated heterocycles. The van der Waals surface area contributed by atoms with Gasteiger partial charge < -0.3 is 9.30 Å². The first-order valence-corrected chi connectivity index (χ1v) is 12.9. The summed E-state index contributed by atoms with van der Waals surface area (Å²) in [6.07, 6.45) is 6.66. The summed E-state index contributed by atoms with van der Waals surface area (Å²) in [6, 6.07) is 20.6. The third kappa shape index (κ3) is 5.09. The summed E-state index contributed by atoms with van der Waals surface area (Å²) in [5.74, 6) is 0.971. The highest BCUT2D eigenvalue weighted by atomic mass is 32.2. The van der Waals surface area contributed by atoms with Gasteiger partial charge >= 0.3 is 0 Å². The van der Waals surface area contributed by atoms with Gasteiger partial charge in [-0.15, -0.1) is 10.2 Å². The van der Waals surface area contributed by atoms with Crippen molar-refractivity contribution < 1.29 is 4.74 Å².